The number of piperidine rings is 1. The van der Waals surface area contributed by atoms with Gasteiger partial charge in [0, 0.05) is 29.3 Å². The van der Waals surface area contributed by atoms with Crippen molar-refractivity contribution in [3.63, 3.8) is 0 Å². The molecule has 27 heavy (non-hydrogen) atoms. The standard InChI is InChI=1S/C19H22BrFN4O2/c1-12-4-3-7-25(10-12)19-22-13(2)8-18(24-19)27-11-17(26)23-16-6-5-14(20)9-15(16)21/h5-6,8-9,12H,3-4,7,10-11H2,1-2H3,(H,23,26). The van der Waals surface area contributed by atoms with Gasteiger partial charge in [-0.25, -0.2) is 9.37 Å². The van der Waals surface area contributed by atoms with Crippen LogP contribution in [0, 0.1) is 18.7 Å². The van der Waals surface area contributed by atoms with E-state index in [9.17, 15) is 9.18 Å². The molecule has 2 aromatic rings. The fourth-order valence-corrected chi connectivity index (χ4v) is 3.36. The number of aryl methyl sites for hydroxylation is 1. The van der Waals surface area contributed by atoms with Crippen LogP contribution >= 0.6 is 15.9 Å². The molecule has 6 nitrogen and oxygen atoms in total. The molecular formula is C19H22BrFN4O2. The Balaban J connectivity index is 1.62. The van der Waals surface area contributed by atoms with Crippen molar-refractivity contribution in [2.45, 2.75) is 26.7 Å². The van der Waals surface area contributed by atoms with Crippen LogP contribution in [0.2, 0.25) is 0 Å². The number of nitrogens with one attached hydrogen (secondary N) is 1. The smallest absolute Gasteiger partial charge is 0.262 e. The molecule has 1 aromatic carbocycles. The minimum atomic E-state index is -0.517. The Morgan fingerprint density at radius 3 is 2.96 bits per heavy atom. The minimum absolute atomic E-state index is 0.105. The Hall–Kier alpha value is -2.22. The van der Waals surface area contributed by atoms with E-state index in [-0.39, 0.29) is 12.3 Å². The van der Waals surface area contributed by atoms with Crippen LogP contribution in [-0.4, -0.2) is 35.6 Å². The molecule has 1 fully saturated rings. The number of carbonyl (C=O) groups excluding carboxylic acids is 1. The first-order chi connectivity index (χ1) is 12.9. The highest BCUT2D eigenvalue weighted by atomic mass is 79.9. The summed E-state index contributed by atoms with van der Waals surface area (Å²) >= 11 is 3.18. The van der Waals surface area contributed by atoms with Gasteiger partial charge in [0.25, 0.3) is 5.91 Å². The van der Waals surface area contributed by atoms with Crippen LogP contribution in [-0.2, 0) is 4.79 Å². The van der Waals surface area contributed by atoms with Crippen molar-refractivity contribution >= 4 is 33.5 Å². The zero-order valence-electron chi connectivity index (χ0n) is 15.3. The largest absolute Gasteiger partial charge is 0.467 e. The minimum Gasteiger partial charge on any atom is -0.467 e. The van der Waals surface area contributed by atoms with E-state index >= 15 is 0 Å². The van der Waals surface area contributed by atoms with Gasteiger partial charge in [-0.1, -0.05) is 22.9 Å². The summed E-state index contributed by atoms with van der Waals surface area (Å²) in [5.41, 5.74) is 0.876. The third kappa shape index (κ3) is 5.38. The van der Waals surface area contributed by atoms with Gasteiger partial charge in [0.15, 0.2) is 6.61 Å². The number of nitrogens with zero attached hydrogens (tertiary/aromatic N) is 3. The number of ether oxygens (including phenoxy) is 1. The first-order valence-electron chi connectivity index (χ1n) is 8.89. The van der Waals surface area contributed by atoms with E-state index in [4.69, 9.17) is 4.74 Å². The molecule has 0 aliphatic carbocycles. The van der Waals surface area contributed by atoms with E-state index in [0.29, 0.717) is 22.2 Å². The van der Waals surface area contributed by atoms with E-state index in [1.807, 2.05) is 6.92 Å². The summed E-state index contributed by atoms with van der Waals surface area (Å²) in [6, 6.07) is 6.11. The average molecular weight is 437 g/mol. The highest BCUT2D eigenvalue weighted by molar-refractivity contribution is 9.10. The van der Waals surface area contributed by atoms with Gasteiger partial charge < -0.3 is 15.0 Å². The Bertz CT molecular complexity index is 833. The van der Waals surface area contributed by atoms with E-state index in [1.54, 1.807) is 12.1 Å². The van der Waals surface area contributed by atoms with Crippen molar-refractivity contribution in [1.82, 2.24) is 9.97 Å². The molecule has 0 bridgehead atoms. The number of rotatable bonds is 5. The molecular weight excluding hydrogens is 415 g/mol. The van der Waals surface area contributed by atoms with Crippen molar-refractivity contribution in [3.05, 3.63) is 40.2 Å². The first kappa shape index (κ1) is 19.5. The predicted octanol–water partition coefficient (Wildman–Crippen LogP) is 3.94. The number of aromatic nitrogens is 2. The Kier molecular flexibility index (Phi) is 6.26. The van der Waals surface area contributed by atoms with Gasteiger partial charge >= 0.3 is 0 Å². The average Bonchev–Trinajstić information content (AvgIpc) is 2.62. The molecule has 0 spiro atoms. The number of hydrogen-bond acceptors (Lipinski definition) is 5. The van der Waals surface area contributed by atoms with Gasteiger partial charge in [0.1, 0.15) is 5.82 Å². The second-order valence-corrected chi connectivity index (χ2v) is 7.72. The monoisotopic (exact) mass is 436 g/mol. The zero-order valence-corrected chi connectivity index (χ0v) is 16.9. The Labute approximate surface area is 166 Å². The summed E-state index contributed by atoms with van der Waals surface area (Å²) in [4.78, 5) is 23.1. The number of amides is 1. The maximum atomic E-state index is 13.8. The second-order valence-electron chi connectivity index (χ2n) is 6.80. The van der Waals surface area contributed by atoms with Crippen LogP contribution in [0.4, 0.5) is 16.0 Å². The van der Waals surface area contributed by atoms with Crippen LogP contribution in [0.15, 0.2) is 28.7 Å². The molecule has 1 amide bonds. The van der Waals surface area contributed by atoms with E-state index in [2.05, 4.69) is 43.0 Å². The summed E-state index contributed by atoms with van der Waals surface area (Å²) in [5, 5.41) is 2.49. The number of anilines is 2. The molecule has 3 rings (SSSR count). The van der Waals surface area contributed by atoms with Gasteiger partial charge in [-0.05, 0) is 43.9 Å². The SMILES string of the molecule is Cc1cc(OCC(=O)Nc2ccc(Br)cc2F)nc(N2CCCC(C)C2)n1. The number of halogens is 2. The normalized spacial score (nSPS) is 16.9. The van der Waals surface area contributed by atoms with Gasteiger partial charge in [0.05, 0.1) is 5.69 Å². The summed E-state index contributed by atoms with van der Waals surface area (Å²) in [5.74, 6) is 0.578. The number of carbonyl (C=O) groups is 1. The van der Waals surface area contributed by atoms with Crippen molar-refractivity contribution < 1.29 is 13.9 Å². The molecule has 0 radical (unpaired) electrons. The Morgan fingerprint density at radius 1 is 1.41 bits per heavy atom. The topological polar surface area (TPSA) is 67.3 Å². The fourth-order valence-electron chi connectivity index (χ4n) is 3.03. The third-order valence-electron chi connectivity index (χ3n) is 4.32. The van der Waals surface area contributed by atoms with Crippen LogP contribution in [0.1, 0.15) is 25.5 Å². The van der Waals surface area contributed by atoms with Crippen LogP contribution < -0.4 is 15.0 Å². The maximum absolute atomic E-state index is 13.8. The highest BCUT2D eigenvalue weighted by Crippen LogP contribution is 2.22. The first-order valence-corrected chi connectivity index (χ1v) is 9.68. The molecule has 1 aliphatic rings. The summed E-state index contributed by atoms with van der Waals surface area (Å²) < 4.78 is 19.9. The van der Waals surface area contributed by atoms with Crippen molar-refractivity contribution in [2.24, 2.45) is 5.92 Å². The van der Waals surface area contributed by atoms with E-state index in [1.165, 1.54) is 18.6 Å². The number of hydrogen-bond donors (Lipinski definition) is 1. The molecule has 0 saturated carbocycles. The lowest BCUT2D eigenvalue weighted by Gasteiger charge is -2.31. The van der Waals surface area contributed by atoms with Crippen LogP contribution in [0.3, 0.4) is 0 Å². The van der Waals surface area contributed by atoms with Gasteiger partial charge in [-0.15, -0.1) is 0 Å². The van der Waals surface area contributed by atoms with Crippen LogP contribution in [0.25, 0.3) is 0 Å². The molecule has 1 saturated heterocycles. The molecule has 1 aromatic heterocycles. The lowest BCUT2D eigenvalue weighted by molar-refractivity contribution is -0.118. The van der Waals surface area contributed by atoms with Crippen LogP contribution in [0.5, 0.6) is 5.88 Å². The summed E-state index contributed by atoms with van der Waals surface area (Å²) in [7, 11) is 0. The predicted molar refractivity (Wildman–Crippen MR) is 106 cm³/mol. The fraction of sp³-hybridized carbons (Fsp3) is 0.421. The lowest BCUT2D eigenvalue weighted by Crippen LogP contribution is -2.35. The highest BCUT2D eigenvalue weighted by Gasteiger charge is 2.19. The lowest BCUT2D eigenvalue weighted by atomic mass is 10.0. The van der Waals surface area contributed by atoms with Crippen molar-refractivity contribution in [2.75, 3.05) is 29.9 Å². The maximum Gasteiger partial charge on any atom is 0.262 e. The molecule has 144 valence electrons. The third-order valence-corrected chi connectivity index (χ3v) is 4.81. The van der Waals surface area contributed by atoms with E-state index in [0.717, 1.165) is 25.2 Å². The molecule has 1 atom stereocenters. The molecule has 1 N–H and O–H groups in total. The van der Waals surface area contributed by atoms with Gasteiger partial charge in [0.2, 0.25) is 11.8 Å². The van der Waals surface area contributed by atoms with Crippen molar-refractivity contribution in [3.8, 4) is 5.88 Å². The Morgan fingerprint density at radius 2 is 2.22 bits per heavy atom. The molecule has 8 heteroatoms. The quantitative estimate of drug-likeness (QED) is 0.768. The number of benzene rings is 1. The second kappa shape index (κ2) is 8.65. The molecule has 1 unspecified atom stereocenters. The summed E-state index contributed by atoms with van der Waals surface area (Å²) in [6.45, 7) is 5.64. The summed E-state index contributed by atoms with van der Waals surface area (Å²) in [6.07, 6.45) is 2.31. The molecule has 1 aliphatic heterocycles. The van der Waals surface area contributed by atoms with Gasteiger partial charge in [-0.3, -0.25) is 4.79 Å². The zero-order chi connectivity index (χ0) is 19.4. The van der Waals surface area contributed by atoms with E-state index < -0.39 is 11.7 Å². The van der Waals surface area contributed by atoms with Gasteiger partial charge in [-0.2, -0.15) is 4.98 Å². The molecule has 2 heterocycles. The van der Waals surface area contributed by atoms with Crippen molar-refractivity contribution in [1.29, 1.82) is 0 Å².